The number of unbranched alkanes of at least 4 members (excludes halogenated alkanes) is 2. The number of nitrogens with two attached hydrogens (primary N) is 1. The number of carbonyl (C=O) groups excluding carboxylic acids is 1. The maximum Gasteiger partial charge on any atom is 0.222 e. The van der Waals surface area contributed by atoms with Crippen molar-refractivity contribution < 1.29 is 4.79 Å². The van der Waals surface area contributed by atoms with Gasteiger partial charge in [-0.3, -0.25) is 4.79 Å². The molecule has 0 saturated carbocycles. The van der Waals surface area contributed by atoms with E-state index in [1.807, 2.05) is 14.1 Å². The van der Waals surface area contributed by atoms with E-state index >= 15 is 0 Å². The van der Waals surface area contributed by atoms with Gasteiger partial charge in [-0.15, -0.1) is 0 Å². The van der Waals surface area contributed by atoms with E-state index in [0.29, 0.717) is 6.42 Å². The Balaban J connectivity index is 2.12. The highest BCUT2D eigenvalue weighted by Gasteiger charge is 2.14. The third-order valence-electron chi connectivity index (χ3n) is 4.22. The summed E-state index contributed by atoms with van der Waals surface area (Å²) < 4.78 is 0. The fourth-order valence-electron chi connectivity index (χ4n) is 2.81. The van der Waals surface area contributed by atoms with Crippen LogP contribution in [-0.2, 0) is 4.79 Å². The molecule has 0 aromatic carbocycles. The van der Waals surface area contributed by atoms with Crippen LogP contribution in [0.5, 0.6) is 0 Å². The van der Waals surface area contributed by atoms with E-state index in [0.717, 1.165) is 32.5 Å². The Morgan fingerprint density at radius 2 is 1.57 bits per heavy atom. The fourth-order valence-corrected chi connectivity index (χ4v) is 2.81. The Labute approximate surface area is 130 Å². The molecule has 0 unspecified atom stereocenters. The molecule has 1 aliphatic rings. The predicted molar refractivity (Wildman–Crippen MR) is 88.3 cm³/mol. The van der Waals surface area contributed by atoms with E-state index in [2.05, 4.69) is 9.80 Å². The zero-order chi connectivity index (χ0) is 15.5. The minimum absolute atomic E-state index is 0.242. The van der Waals surface area contributed by atoms with Crippen LogP contribution in [0.1, 0.15) is 38.5 Å². The second-order valence-corrected chi connectivity index (χ2v) is 6.28. The molecule has 1 aliphatic heterocycles. The smallest absolute Gasteiger partial charge is 0.222 e. The molecule has 0 aromatic rings. The monoisotopic (exact) mass is 298 g/mol. The number of hydrogen-bond acceptors (Lipinski definition) is 4. The summed E-state index contributed by atoms with van der Waals surface area (Å²) in [5.41, 5.74) is 5.53. The second kappa shape index (κ2) is 11.0. The zero-order valence-corrected chi connectivity index (χ0v) is 14.0. The molecule has 5 heteroatoms. The number of amides is 1. The molecule has 2 N–H and O–H groups in total. The minimum Gasteiger partial charge on any atom is -0.349 e. The summed E-state index contributed by atoms with van der Waals surface area (Å²) in [6.45, 7) is 7.80. The molecule has 1 heterocycles. The van der Waals surface area contributed by atoms with Gasteiger partial charge in [-0.1, -0.05) is 6.42 Å². The summed E-state index contributed by atoms with van der Waals surface area (Å²) in [6.07, 6.45) is 6.58. The first kappa shape index (κ1) is 18.4. The normalized spacial score (nSPS) is 17.7. The Morgan fingerprint density at radius 3 is 2.14 bits per heavy atom. The number of rotatable bonds is 9. The Hall–Kier alpha value is -0.650. The van der Waals surface area contributed by atoms with Crippen LogP contribution >= 0.6 is 0 Å². The minimum atomic E-state index is 0.242. The zero-order valence-electron chi connectivity index (χ0n) is 14.0. The molecule has 1 saturated heterocycles. The van der Waals surface area contributed by atoms with Gasteiger partial charge in [-0.2, -0.15) is 0 Å². The van der Waals surface area contributed by atoms with E-state index < -0.39 is 0 Å². The second-order valence-electron chi connectivity index (χ2n) is 6.28. The van der Waals surface area contributed by atoms with Crippen LogP contribution in [0.4, 0.5) is 0 Å². The molecule has 1 rings (SSSR count). The van der Waals surface area contributed by atoms with Gasteiger partial charge in [0.25, 0.3) is 0 Å². The molecule has 0 atom stereocenters. The molecule has 124 valence electrons. The van der Waals surface area contributed by atoms with Gasteiger partial charge in [0.2, 0.25) is 5.91 Å². The lowest BCUT2D eigenvalue weighted by molar-refractivity contribution is -0.128. The number of hydrogen-bond donors (Lipinski definition) is 1. The molecule has 0 aliphatic carbocycles. The first-order chi connectivity index (χ1) is 10.1. The van der Waals surface area contributed by atoms with Gasteiger partial charge in [0.15, 0.2) is 0 Å². The van der Waals surface area contributed by atoms with Crippen molar-refractivity contribution >= 4 is 5.91 Å². The van der Waals surface area contributed by atoms with Gasteiger partial charge in [0.05, 0.1) is 0 Å². The van der Waals surface area contributed by atoms with Crippen molar-refractivity contribution in [1.82, 2.24) is 14.7 Å². The van der Waals surface area contributed by atoms with Crippen LogP contribution in [0.2, 0.25) is 0 Å². The maximum absolute atomic E-state index is 11.6. The standard InChI is InChI=1S/C16H34N4O/c1-18(2)16(21)8-6-11-20-13-7-12-19(14-15-20)10-5-3-4-9-17/h3-15,17H2,1-2H3. The van der Waals surface area contributed by atoms with Crippen molar-refractivity contribution in [2.75, 3.05) is 59.9 Å². The summed E-state index contributed by atoms with van der Waals surface area (Å²) in [7, 11) is 3.66. The van der Waals surface area contributed by atoms with Crippen LogP contribution in [-0.4, -0.2) is 80.5 Å². The lowest BCUT2D eigenvalue weighted by atomic mass is 10.2. The molecule has 0 spiro atoms. The predicted octanol–water partition coefficient (Wildman–Crippen LogP) is 0.992. The first-order valence-electron chi connectivity index (χ1n) is 8.48. The van der Waals surface area contributed by atoms with Crippen molar-refractivity contribution in [3.63, 3.8) is 0 Å². The van der Waals surface area contributed by atoms with E-state index in [1.165, 1.54) is 45.4 Å². The van der Waals surface area contributed by atoms with Crippen LogP contribution < -0.4 is 5.73 Å². The Morgan fingerprint density at radius 1 is 0.952 bits per heavy atom. The first-order valence-corrected chi connectivity index (χ1v) is 8.48. The maximum atomic E-state index is 11.6. The molecule has 1 amide bonds. The molecule has 5 nitrogen and oxygen atoms in total. The molecule has 21 heavy (non-hydrogen) atoms. The Kier molecular flexibility index (Phi) is 9.63. The largest absolute Gasteiger partial charge is 0.349 e. The molecule has 0 radical (unpaired) electrons. The third kappa shape index (κ3) is 8.39. The van der Waals surface area contributed by atoms with E-state index in [1.54, 1.807) is 4.90 Å². The Bertz CT molecular complexity index is 283. The summed E-state index contributed by atoms with van der Waals surface area (Å²) >= 11 is 0. The quantitative estimate of drug-likeness (QED) is 0.645. The molecule has 0 bridgehead atoms. The third-order valence-corrected chi connectivity index (χ3v) is 4.22. The summed E-state index contributed by atoms with van der Waals surface area (Å²) in [6, 6.07) is 0. The van der Waals surface area contributed by atoms with Crippen LogP contribution in [0, 0.1) is 0 Å². The van der Waals surface area contributed by atoms with Crippen molar-refractivity contribution in [2.24, 2.45) is 5.73 Å². The summed E-state index contributed by atoms with van der Waals surface area (Å²) in [4.78, 5) is 18.4. The fraction of sp³-hybridized carbons (Fsp3) is 0.938. The topological polar surface area (TPSA) is 52.8 Å². The van der Waals surface area contributed by atoms with E-state index in [-0.39, 0.29) is 5.91 Å². The van der Waals surface area contributed by atoms with Gasteiger partial charge < -0.3 is 20.4 Å². The summed E-state index contributed by atoms with van der Waals surface area (Å²) in [5, 5.41) is 0. The van der Waals surface area contributed by atoms with Crippen molar-refractivity contribution in [1.29, 1.82) is 0 Å². The van der Waals surface area contributed by atoms with Gasteiger partial charge >= 0.3 is 0 Å². The highest BCUT2D eigenvalue weighted by molar-refractivity contribution is 5.75. The molecule has 1 fully saturated rings. The van der Waals surface area contributed by atoms with Gasteiger partial charge in [0, 0.05) is 33.6 Å². The molecular formula is C16H34N4O. The molecule has 0 aromatic heterocycles. The number of nitrogens with zero attached hydrogens (tertiary/aromatic N) is 3. The SMILES string of the molecule is CN(C)C(=O)CCCN1CCCN(CCCCCN)CC1. The lowest BCUT2D eigenvalue weighted by Gasteiger charge is -2.22. The van der Waals surface area contributed by atoms with Crippen LogP contribution in [0.3, 0.4) is 0 Å². The van der Waals surface area contributed by atoms with E-state index in [4.69, 9.17) is 5.73 Å². The van der Waals surface area contributed by atoms with Gasteiger partial charge in [0.1, 0.15) is 0 Å². The highest BCUT2D eigenvalue weighted by Crippen LogP contribution is 2.07. The molecular weight excluding hydrogens is 264 g/mol. The van der Waals surface area contributed by atoms with Crippen molar-refractivity contribution in [3.05, 3.63) is 0 Å². The average Bonchev–Trinajstić information content (AvgIpc) is 2.69. The van der Waals surface area contributed by atoms with Gasteiger partial charge in [-0.05, 0) is 58.4 Å². The van der Waals surface area contributed by atoms with E-state index in [9.17, 15) is 4.79 Å². The highest BCUT2D eigenvalue weighted by atomic mass is 16.2. The summed E-state index contributed by atoms with van der Waals surface area (Å²) in [5.74, 6) is 0.242. The van der Waals surface area contributed by atoms with Crippen molar-refractivity contribution in [3.8, 4) is 0 Å². The van der Waals surface area contributed by atoms with Crippen molar-refractivity contribution in [2.45, 2.75) is 38.5 Å². The average molecular weight is 298 g/mol. The van der Waals surface area contributed by atoms with Gasteiger partial charge in [-0.25, -0.2) is 0 Å². The van der Waals surface area contributed by atoms with Crippen LogP contribution in [0.15, 0.2) is 0 Å². The lowest BCUT2D eigenvalue weighted by Crippen LogP contribution is -2.32. The van der Waals surface area contributed by atoms with Crippen LogP contribution in [0.25, 0.3) is 0 Å². The number of carbonyl (C=O) groups is 1.